The first-order valence-electron chi connectivity index (χ1n) is 8.67. The molecule has 0 radical (unpaired) electrons. The van der Waals surface area contributed by atoms with Crippen LogP contribution in [0.3, 0.4) is 0 Å². The minimum absolute atomic E-state index is 0.179. The van der Waals surface area contributed by atoms with Crippen LogP contribution in [0, 0.1) is 0 Å². The van der Waals surface area contributed by atoms with Crippen molar-refractivity contribution in [3.05, 3.63) is 83.9 Å². The molecule has 3 rings (SSSR count). The van der Waals surface area contributed by atoms with Gasteiger partial charge in [-0.1, -0.05) is 73.5 Å². The van der Waals surface area contributed by atoms with Crippen LogP contribution in [-0.4, -0.2) is 10.9 Å². The molecule has 1 aliphatic rings. The average Bonchev–Trinajstić information content (AvgIpc) is 3.13. The molecule has 2 nitrogen and oxygen atoms in total. The van der Waals surface area contributed by atoms with E-state index in [0.29, 0.717) is 6.42 Å². The molecule has 0 aromatic heterocycles. The first-order valence-corrected chi connectivity index (χ1v) is 8.67. The maximum Gasteiger partial charge on any atom is 0.173 e. The SMILES string of the molecule is C=CCC(O)c1ccccc1C1(C(=O)c2ccccc2)CCCC1. The Labute approximate surface area is 143 Å². The number of rotatable bonds is 6. The summed E-state index contributed by atoms with van der Waals surface area (Å²) in [6, 6.07) is 17.4. The number of carbonyl (C=O) groups excluding carboxylic acids is 1. The van der Waals surface area contributed by atoms with E-state index in [1.807, 2.05) is 54.6 Å². The fourth-order valence-electron chi connectivity index (χ4n) is 3.97. The number of benzene rings is 2. The van der Waals surface area contributed by atoms with Gasteiger partial charge in [0.2, 0.25) is 0 Å². The molecule has 0 spiro atoms. The third kappa shape index (κ3) is 2.94. The lowest BCUT2D eigenvalue weighted by Gasteiger charge is -2.31. The third-order valence-corrected chi connectivity index (χ3v) is 5.15. The Bertz CT molecular complexity index is 712. The molecule has 1 N–H and O–H groups in total. The molecular weight excluding hydrogens is 296 g/mol. The van der Waals surface area contributed by atoms with E-state index in [0.717, 1.165) is 42.4 Å². The van der Waals surface area contributed by atoms with E-state index in [9.17, 15) is 9.90 Å². The van der Waals surface area contributed by atoms with Crippen LogP contribution < -0.4 is 0 Å². The Morgan fingerprint density at radius 2 is 1.71 bits per heavy atom. The van der Waals surface area contributed by atoms with Gasteiger partial charge in [-0.2, -0.15) is 0 Å². The van der Waals surface area contributed by atoms with Crippen LogP contribution in [0.15, 0.2) is 67.3 Å². The molecule has 1 atom stereocenters. The number of Topliss-reactive ketones (excluding diaryl/α,β-unsaturated/α-hetero) is 1. The Kier molecular flexibility index (Phi) is 4.96. The van der Waals surface area contributed by atoms with Gasteiger partial charge in [0.15, 0.2) is 5.78 Å². The number of aliphatic hydroxyl groups is 1. The molecule has 0 saturated heterocycles. The van der Waals surface area contributed by atoms with E-state index in [1.165, 1.54) is 0 Å². The van der Waals surface area contributed by atoms with E-state index in [-0.39, 0.29) is 5.78 Å². The fourth-order valence-corrected chi connectivity index (χ4v) is 3.97. The van der Waals surface area contributed by atoms with Gasteiger partial charge < -0.3 is 5.11 Å². The molecule has 24 heavy (non-hydrogen) atoms. The monoisotopic (exact) mass is 320 g/mol. The number of aliphatic hydroxyl groups excluding tert-OH is 1. The molecular formula is C22H24O2. The zero-order chi connectivity index (χ0) is 17.0. The molecule has 0 aliphatic heterocycles. The number of carbonyl (C=O) groups is 1. The summed E-state index contributed by atoms with van der Waals surface area (Å²) in [5, 5.41) is 10.5. The summed E-state index contributed by atoms with van der Waals surface area (Å²) in [4.78, 5) is 13.4. The highest BCUT2D eigenvalue weighted by Crippen LogP contribution is 2.46. The van der Waals surface area contributed by atoms with Crippen molar-refractivity contribution >= 4 is 5.78 Å². The Hall–Kier alpha value is -2.19. The predicted octanol–water partition coefficient (Wildman–Crippen LogP) is 4.99. The minimum Gasteiger partial charge on any atom is -0.388 e. The second-order valence-electron chi connectivity index (χ2n) is 6.61. The van der Waals surface area contributed by atoms with Gasteiger partial charge in [0.25, 0.3) is 0 Å². The molecule has 1 aliphatic carbocycles. The molecule has 2 heteroatoms. The number of hydrogen-bond donors (Lipinski definition) is 1. The summed E-state index contributed by atoms with van der Waals surface area (Å²) in [6.07, 6.45) is 5.39. The molecule has 2 aromatic rings. The average molecular weight is 320 g/mol. The summed E-state index contributed by atoms with van der Waals surface area (Å²) in [7, 11) is 0. The van der Waals surface area contributed by atoms with Crippen LogP contribution in [0.5, 0.6) is 0 Å². The maximum atomic E-state index is 13.4. The van der Waals surface area contributed by atoms with Crippen molar-refractivity contribution in [2.45, 2.75) is 43.6 Å². The van der Waals surface area contributed by atoms with Crippen LogP contribution in [-0.2, 0) is 5.41 Å². The van der Waals surface area contributed by atoms with Gasteiger partial charge in [0.1, 0.15) is 0 Å². The van der Waals surface area contributed by atoms with E-state index < -0.39 is 11.5 Å². The fraction of sp³-hybridized carbons (Fsp3) is 0.318. The largest absolute Gasteiger partial charge is 0.388 e. The second kappa shape index (κ2) is 7.14. The normalized spacial score (nSPS) is 17.4. The van der Waals surface area contributed by atoms with E-state index in [4.69, 9.17) is 0 Å². The summed E-state index contributed by atoms with van der Waals surface area (Å²) in [5.41, 5.74) is 2.10. The first kappa shape index (κ1) is 16.7. The smallest absolute Gasteiger partial charge is 0.173 e. The van der Waals surface area contributed by atoms with Gasteiger partial charge in [-0.05, 0) is 30.4 Å². The highest BCUT2D eigenvalue weighted by molar-refractivity contribution is 6.04. The first-order chi connectivity index (χ1) is 11.7. The topological polar surface area (TPSA) is 37.3 Å². The van der Waals surface area contributed by atoms with Crippen LogP contribution in [0.25, 0.3) is 0 Å². The Balaban J connectivity index is 2.09. The van der Waals surface area contributed by atoms with E-state index in [1.54, 1.807) is 6.08 Å². The van der Waals surface area contributed by atoms with Crippen molar-refractivity contribution in [2.75, 3.05) is 0 Å². The van der Waals surface area contributed by atoms with Gasteiger partial charge in [0, 0.05) is 5.56 Å². The third-order valence-electron chi connectivity index (χ3n) is 5.15. The van der Waals surface area contributed by atoms with Crippen molar-refractivity contribution < 1.29 is 9.90 Å². The van der Waals surface area contributed by atoms with Gasteiger partial charge in [-0.3, -0.25) is 4.79 Å². The zero-order valence-electron chi connectivity index (χ0n) is 13.9. The summed E-state index contributed by atoms with van der Waals surface area (Å²) in [6.45, 7) is 3.73. The lowest BCUT2D eigenvalue weighted by atomic mass is 9.70. The molecule has 2 aromatic carbocycles. The number of ketones is 1. The Morgan fingerprint density at radius 3 is 2.38 bits per heavy atom. The van der Waals surface area contributed by atoms with Crippen LogP contribution >= 0.6 is 0 Å². The summed E-state index contributed by atoms with van der Waals surface area (Å²) in [5.74, 6) is 0.179. The van der Waals surface area contributed by atoms with Crippen molar-refractivity contribution in [3.63, 3.8) is 0 Å². The van der Waals surface area contributed by atoms with Crippen molar-refractivity contribution in [1.29, 1.82) is 0 Å². The maximum absolute atomic E-state index is 13.4. The summed E-state index contributed by atoms with van der Waals surface area (Å²) >= 11 is 0. The van der Waals surface area contributed by atoms with E-state index >= 15 is 0 Å². The minimum atomic E-state index is -0.611. The van der Waals surface area contributed by atoms with Gasteiger partial charge in [0.05, 0.1) is 11.5 Å². The van der Waals surface area contributed by atoms with Crippen molar-refractivity contribution in [3.8, 4) is 0 Å². The van der Waals surface area contributed by atoms with Crippen molar-refractivity contribution in [1.82, 2.24) is 0 Å². The van der Waals surface area contributed by atoms with Gasteiger partial charge in [-0.25, -0.2) is 0 Å². The molecule has 124 valence electrons. The molecule has 0 bridgehead atoms. The Morgan fingerprint density at radius 1 is 1.08 bits per heavy atom. The van der Waals surface area contributed by atoms with Gasteiger partial charge >= 0.3 is 0 Å². The van der Waals surface area contributed by atoms with Crippen LogP contribution in [0.4, 0.5) is 0 Å². The highest BCUT2D eigenvalue weighted by atomic mass is 16.3. The quantitative estimate of drug-likeness (QED) is 0.601. The molecule has 1 saturated carbocycles. The highest BCUT2D eigenvalue weighted by Gasteiger charge is 2.44. The predicted molar refractivity (Wildman–Crippen MR) is 97.1 cm³/mol. The van der Waals surface area contributed by atoms with Crippen LogP contribution in [0.2, 0.25) is 0 Å². The lowest BCUT2D eigenvalue weighted by molar-refractivity contribution is 0.0882. The number of hydrogen-bond acceptors (Lipinski definition) is 2. The van der Waals surface area contributed by atoms with Crippen molar-refractivity contribution in [2.24, 2.45) is 0 Å². The van der Waals surface area contributed by atoms with Gasteiger partial charge in [-0.15, -0.1) is 6.58 Å². The summed E-state index contributed by atoms with van der Waals surface area (Å²) < 4.78 is 0. The van der Waals surface area contributed by atoms with Crippen LogP contribution in [0.1, 0.15) is 59.7 Å². The molecule has 0 amide bonds. The molecule has 0 heterocycles. The second-order valence-corrected chi connectivity index (χ2v) is 6.61. The standard InChI is InChI=1S/C22H24O2/c1-2-10-20(23)18-13-6-7-14-19(18)22(15-8-9-16-22)21(24)17-11-4-3-5-12-17/h2-7,11-14,20,23H,1,8-10,15-16H2. The molecule has 1 unspecified atom stereocenters. The molecule has 1 fully saturated rings. The van der Waals surface area contributed by atoms with E-state index in [2.05, 4.69) is 6.58 Å². The lowest BCUT2D eigenvalue weighted by Crippen LogP contribution is -2.34. The zero-order valence-corrected chi connectivity index (χ0v) is 13.9.